The van der Waals surface area contributed by atoms with Gasteiger partial charge < -0.3 is 0 Å². The zero-order valence-corrected chi connectivity index (χ0v) is 15.8. The topological polar surface area (TPSA) is 0 Å². The predicted molar refractivity (Wildman–Crippen MR) is 100 cm³/mol. The monoisotopic (exact) mass is 436 g/mol. The van der Waals surface area contributed by atoms with Crippen LogP contribution in [0.2, 0.25) is 0 Å². The molecule has 0 amide bonds. The lowest BCUT2D eigenvalue weighted by Gasteiger charge is -2.45. The standard InChI is InChI=1S/C19H15Br2Cl/c20-16-9-5-4-8-13(16)17(12-6-2-1-3-7-12)18-14-10-11-15(18)19(14,21)22/h1-9,14-15H,10-11H2. The lowest BCUT2D eigenvalue weighted by atomic mass is 9.72. The minimum Gasteiger partial charge on any atom is -0.105 e. The van der Waals surface area contributed by atoms with E-state index in [1.807, 2.05) is 0 Å². The lowest BCUT2D eigenvalue weighted by Crippen LogP contribution is -2.42. The molecule has 3 heteroatoms. The molecule has 0 aliphatic heterocycles. The molecule has 3 saturated carbocycles. The van der Waals surface area contributed by atoms with E-state index in [9.17, 15) is 0 Å². The zero-order valence-electron chi connectivity index (χ0n) is 11.9. The van der Waals surface area contributed by atoms with Crippen molar-refractivity contribution in [1.29, 1.82) is 0 Å². The third kappa shape index (κ3) is 2.15. The first-order valence-electron chi connectivity index (χ1n) is 7.53. The molecule has 22 heavy (non-hydrogen) atoms. The van der Waals surface area contributed by atoms with Gasteiger partial charge in [0.1, 0.15) is 3.78 Å². The van der Waals surface area contributed by atoms with Gasteiger partial charge >= 0.3 is 0 Å². The minimum absolute atomic E-state index is 0.233. The van der Waals surface area contributed by atoms with Crippen molar-refractivity contribution in [2.75, 3.05) is 0 Å². The molecule has 0 radical (unpaired) electrons. The third-order valence-electron chi connectivity index (χ3n) is 4.92. The Balaban J connectivity index is 1.95. The van der Waals surface area contributed by atoms with Crippen LogP contribution in [0.4, 0.5) is 0 Å². The van der Waals surface area contributed by atoms with Gasteiger partial charge in [-0.3, -0.25) is 0 Å². The summed E-state index contributed by atoms with van der Waals surface area (Å²) in [6.07, 6.45) is 2.35. The highest BCUT2D eigenvalue weighted by Gasteiger charge is 2.61. The fraction of sp³-hybridized carbons (Fsp3) is 0.263. The smallest absolute Gasteiger partial charge is 0.105 e. The molecular formula is C19H15Br2Cl. The summed E-state index contributed by atoms with van der Waals surface area (Å²) in [6.45, 7) is 0. The highest BCUT2D eigenvalue weighted by atomic mass is 79.9. The summed E-state index contributed by atoms with van der Waals surface area (Å²) in [5.74, 6) is 0.864. The third-order valence-corrected chi connectivity index (χ3v) is 7.24. The van der Waals surface area contributed by atoms with E-state index in [4.69, 9.17) is 11.6 Å². The second-order valence-corrected chi connectivity index (χ2v) is 9.28. The van der Waals surface area contributed by atoms with E-state index in [2.05, 4.69) is 86.5 Å². The number of rotatable bonds is 2. The highest BCUT2D eigenvalue weighted by molar-refractivity contribution is 9.10. The van der Waals surface area contributed by atoms with E-state index in [0.717, 1.165) is 4.47 Å². The molecule has 0 aromatic heterocycles. The average molecular weight is 439 g/mol. The van der Waals surface area contributed by atoms with Gasteiger partial charge in [-0.15, -0.1) is 11.6 Å². The van der Waals surface area contributed by atoms with Gasteiger partial charge in [0.25, 0.3) is 0 Å². The Labute approximate surface area is 152 Å². The van der Waals surface area contributed by atoms with Gasteiger partial charge in [-0.1, -0.05) is 86.0 Å². The molecule has 0 spiro atoms. The van der Waals surface area contributed by atoms with Gasteiger partial charge in [0.05, 0.1) is 0 Å². The van der Waals surface area contributed by atoms with Crippen LogP contribution in [0.25, 0.3) is 5.57 Å². The van der Waals surface area contributed by atoms with Crippen molar-refractivity contribution < 1.29 is 0 Å². The van der Waals surface area contributed by atoms with Crippen molar-refractivity contribution in [3.05, 3.63) is 75.8 Å². The van der Waals surface area contributed by atoms with Crippen LogP contribution in [0.15, 0.2) is 64.6 Å². The van der Waals surface area contributed by atoms with E-state index in [0.29, 0.717) is 11.8 Å². The van der Waals surface area contributed by atoms with E-state index >= 15 is 0 Å². The number of alkyl halides is 2. The summed E-state index contributed by atoms with van der Waals surface area (Å²) >= 11 is 14.2. The van der Waals surface area contributed by atoms with Crippen LogP contribution >= 0.6 is 43.5 Å². The fourth-order valence-electron chi connectivity index (χ4n) is 3.93. The molecule has 0 nitrogen and oxygen atoms in total. The first kappa shape index (κ1) is 15.0. The highest BCUT2D eigenvalue weighted by Crippen LogP contribution is 2.68. The first-order chi connectivity index (χ1) is 10.6. The Hall–Kier alpha value is -0.570. The van der Waals surface area contributed by atoms with Crippen molar-refractivity contribution in [3.8, 4) is 0 Å². The van der Waals surface area contributed by atoms with Crippen molar-refractivity contribution in [3.63, 3.8) is 0 Å². The van der Waals surface area contributed by atoms with Gasteiger partial charge in [0.15, 0.2) is 0 Å². The number of allylic oxidation sites excluding steroid dienone is 1. The Morgan fingerprint density at radius 1 is 0.955 bits per heavy atom. The molecule has 3 fully saturated rings. The molecule has 0 saturated heterocycles. The van der Waals surface area contributed by atoms with Gasteiger partial charge in [-0.2, -0.15) is 0 Å². The van der Waals surface area contributed by atoms with Crippen molar-refractivity contribution in [1.82, 2.24) is 0 Å². The maximum Gasteiger partial charge on any atom is 0.112 e. The number of hydrogen-bond acceptors (Lipinski definition) is 0. The van der Waals surface area contributed by atoms with Gasteiger partial charge in [-0.05, 0) is 35.6 Å². The summed E-state index contributed by atoms with van der Waals surface area (Å²) < 4.78 is 0.909. The van der Waals surface area contributed by atoms with Crippen LogP contribution in [-0.4, -0.2) is 3.78 Å². The molecule has 3 aliphatic carbocycles. The number of halogens is 3. The summed E-state index contributed by atoms with van der Waals surface area (Å²) in [4.78, 5) is 0. The normalized spacial score (nSPS) is 29.3. The second-order valence-electron chi connectivity index (χ2n) is 6.03. The van der Waals surface area contributed by atoms with Crippen LogP contribution in [-0.2, 0) is 0 Å². The SMILES string of the molecule is ClC1(Br)C2CCC1C2=C(c1ccccc1)c1ccccc1Br. The fourth-order valence-corrected chi connectivity index (χ4v) is 5.82. The second kappa shape index (κ2) is 5.51. The average Bonchev–Trinajstić information content (AvgIpc) is 3.10. The van der Waals surface area contributed by atoms with Crippen molar-refractivity contribution in [2.45, 2.75) is 16.6 Å². The Bertz CT molecular complexity index is 733. The molecule has 2 unspecified atom stereocenters. The molecule has 5 rings (SSSR count). The van der Waals surface area contributed by atoms with Crippen LogP contribution in [0.5, 0.6) is 0 Å². The van der Waals surface area contributed by atoms with Crippen LogP contribution < -0.4 is 0 Å². The molecule has 2 aromatic carbocycles. The molecule has 0 heterocycles. The Morgan fingerprint density at radius 2 is 1.55 bits per heavy atom. The van der Waals surface area contributed by atoms with Gasteiger partial charge in [0.2, 0.25) is 0 Å². The maximum atomic E-state index is 6.69. The molecule has 2 aromatic rings. The quantitative estimate of drug-likeness (QED) is 0.462. The van der Waals surface area contributed by atoms with Crippen LogP contribution in [0.1, 0.15) is 24.0 Å². The largest absolute Gasteiger partial charge is 0.112 e. The molecule has 3 aliphatic rings. The molecular weight excluding hydrogens is 423 g/mol. The Kier molecular flexibility index (Phi) is 3.75. The van der Waals surface area contributed by atoms with E-state index in [1.54, 1.807) is 0 Å². The molecule has 112 valence electrons. The maximum absolute atomic E-state index is 6.69. The summed E-state index contributed by atoms with van der Waals surface area (Å²) in [6, 6.07) is 19.2. The lowest BCUT2D eigenvalue weighted by molar-refractivity contribution is 0.427. The minimum atomic E-state index is -0.233. The summed E-state index contributed by atoms with van der Waals surface area (Å²) in [7, 11) is 0. The number of hydrogen-bond donors (Lipinski definition) is 0. The number of benzene rings is 2. The van der Waals surface area contributed by atoms with Crippen molar-refractivity contribution >= 4 is 49.0 Å². The molecule has 2 atom stereocenters. The van der Waals surface area contributed by atoms with Crippen LogP contribution in [0.3, 0.4) is 0 Å². The van der Waals surface area contributed by atoms with E-state index in [-0.39, 0.29) is 3.78 Å². The van der Waals surface area contributed by atoms with E-state index < -0.39 is 0 Å². The summed E-state index contributed by atoms with van der Waals surface area (Å²) in [5.41, 5.74) is 5.42. The Morgan fingerprint density at radius 3 is 2.14 bits per heavy atom. The molecule has 2 bridgehead atoms. The first-order valence-corrected chi connectivity index (χ1v) is 9.49. The summed E-state index contributed by atoms with van der Waals surface area (Å²) in [5, 5.41) is 0. The molecule has 0 N–H and O–H groups in total. The van der Waals surface area contributed by atoms with Crippen LogP contribution in [0, 0.1) is 11.8 Å². The van der Waals surface area contributed by atoms with Gasteiger partial charge in [0, 0.05) is 16.3 Å². The van der Waals surface area contributed by atoms with Gasteiger partial charge in [-0.25, -0.2) is 0 Å². The van der Waals surface area contributed by atoms with Crippen molar-refractivity contribution in [2.24, 2.45) is 11.8 Å². The number of fused-ring (bicyclic) bond motifs is 1. The zero-order chi connectivity index (χ0) is 15.3. The van der Waals surface area contributed by atoms with E-state index in [1.165, 1.54) is 35.1 Å². The predicted octanol–water partition coefficient (Wildman–Crippen LogP) is 6.62.